The molecule has 3 aromatic rings. The van der Waals surface area contributed by atoms with Gasteiger partial charge in [0.2, 0.25) is 0 Å². The largest absolute Gasteiger partial charge is 0.346 e. The number of fused-ring (bicyclic) bond motifs is 1. The van der Waals surface area contributed by atoms with Crippen molar-refractivity contribution >= 4 is 20.9 Å². The van der Waals surface area contributed by atoms with Gasteiger partial charge in [0.25, 0.3) is 0 Å². The summed E-state index contributed by atoms with van der Waals surface area (Å²) < 4.78 is 23.0. The van der Waals surface area contributed by atoms with Crippen LogP contribution in [0.2, 0.25) is 0 Å². The van der Waals surface area contributed by atoms with Gasteiger partial charge >= 0.3 is 0 Å². The molecular formula is C17H18N4O2S. The first kappa shape index (κ1) is 15.3. The highest BCUT2D eigenvalue weighted by Crippen LogP contribution is 2.25. The van der Waals surface area contributed by atoms with Gasteiger partial charge < -0.3 is 4.98 Å². The molecule has 1 aliphatic heterocycles. The Morgan fingerprint density at radius 3 is 2.54 bits per heavy atom. The minimum absolute atomic E-state index is 0.261. The second kappa shape index (κ2) is 5.99. The monoisotopic (exact) mass is 342 g/mol. The van der Waals surface area contributed by atoms with Crippen LogP contribution in [-0.4, -0.2) is 52.9 Å². The molecule has 0 radical (unpaired) electrons. The van der Waals surface area contributed by atoms with E-state index in [4.69, 9.17) is 0 Å². The molecule has 1 saturated heterocycles. The molecule has 0 atom stereocenters. The molecule has 0 bridgehead atoms. The number of aromatic amines is 1. The van der Waals surface area contributed by atoms with E-state index >= 15 is 0 Å². The van der Waals surface area contributed by atoms with Gasteiger partial charge in [0.15, 0.2) is 9.84 Å². The van der Waals surface area contributed by atoms with E-state index in [1.54, 1.807) is 6.33 Å². The molecule has 1 N–H and O–H groups in total. The number of hydrogen-bond donors (Lipinski definition) is 1. The molecule has 3 heterocycles. The minimum atomic E-state index is -2.82. The summed E-state index contributed by atoms with van der Waals surface area (Å²) in [5, 5.41) is 1.01. The van der Waals surface area contributed by atoms with Gasteiger partial charge in [0.1, 0.15) is 12.0 Å². The van der Waals surface area contributed by atoms with Gasteiger partial charge in [0.05, 0.1) is 17.2 Å². The topological polar surface area (TPSA) is 79.0 Å². The molecule has 24 heavy (non-hydrogen) atoms. The Kier molecular flexibility index (Phi) is 3.82. The van der Waals surface area contributed by atoms with E-state index in [0.29, 0.717) is 13.1 Å². The molecule has 1 fully saturated rings. The van der Waals surface area contributed by atoms with Gasteiger partial charge in [-0.25, -0.2) is 18.4 Å². The number of nitrogens with zero attached hydrogens (tertiary/aromatic N) is 3. The number of aromatic nitrogens is 3. The molecule has 1 aromatic carbocycles. The summed E-state index contributed by atoms with van der Waals surface area (Å²) >= 11 is 0. The molecule has 0 spiro atoms. The average Bonchev–Trinajstić information content (AvgIpc) is 3.06. The summed E-state index contributed by atoms with van der Waals surface area (Å²) in [7, 11) is -2.82. The van der Waals surface area contributed by atoms with Crippen molar-refractivity contribution in [2.75, 3.05) is 24.6 Å². The number of H-pyrrole nitrogens is 1. The number of nitrogens with one attached hydrogen (secondary N) is 1. The van der Waals surface area contributed by atoms with Crippen LogP contribution in [0.3, 0.4) is 0 Å². The standard InChI is InChI=1S/C17H18N4O2S/c22-24(23)9-7-21(8-10-24)11-13-1-3-14(4-2-13)16-15-5-6-18-17(15)20-12-19-16/h1-6,12H,7-11H2,(H,18,19,20). The van der Waals surface area contributed by atoms with Crippen LogP contribution in [0.4, 0.5) is 0 Å². The van der Waals surface area contributed by atoms with Crippen LogP contribution in [0.1, 0.15) is 5.56 Å². The van der Waals surface area contributed by atoms with E-state index in [1.807, 2.05) is 12.3 Å². The van der Waals surface area contributed by atoms with E-state index in [9.17, 15) is 8.42 Å². The average molecular weight is 342 g/mol. The molecule has 1 aliphatic rings. The Bertz CT molecular complexity index is 950. The van der Waals surface area contributed by atoms with Gasteiger partial charge in [-0.1, -0.05) is 24.3 Å². The highest BCUT2D eigenvalue weighted by atomic mass is 32.2. The summed E-state index contributed by atoms with van der Waals surface area (Å²) in [4.78, 5) is 13.9. The van der Waals surface area contributed by atoms with Crippen LogP contribution < -0.4 is 0 Å². The molecule has 124 valence electrons. The number of sulfone groups is 1. The first-order valence-electron chi connectivity index (χ1n) is 7.91. The molecule has 7 heteroatoms. The van der Waals surface area contributed by atoms with Gasteiger partial charge in [-0.15, -0.1) is 0 Å². The Labute approximate surface area is 140 Å². The molecular weight excluding hydrogens is 324 g/mol. The second-order valence-electron chi connectivity index (χ2n) is 6.09. The van der Waals surface area contributed by atoms with Gasteiger partial charge in [0, 0.05) is 36.8 Å². The fourth-order valence-electron chi connectivity index (χ4n) is 3.04. The van der Waals surface area contributed by atoms with Crippen LogP contribution in [0.15, 0.2) is 42.9 Å². The normalized spacial score (nSPS) is 18.0. The van der Waals surface area contributed by atoms with Gasteiger partial charge in [-0.2, -0.15) is 0 Å². The SMILES string of the molecule is O=S1(=O)CCN(Cc2ccc(-c3ncnc4[nH]ccc34)cc2)CC1. The van der Waals surface area contributed by atoms with E-state index in [2.05, 4.69) is 44.1 Å². The van der Waals surface area contributed by atoms with Crippen molar-refractivity contribution in [1.82, 2.24) is 19.9 Å². The first-order chi connectivity index (χ1) is 11.6. The maximum atomic E-state index is 11.5. The summed E-state index contributed by atoms with van der Waals surface area (Å²) in [5.41, 5.74) is 3.97. The van der Waals surface area contributed by atoms with Crippen LogP contribution in [0.25, 0.3) is 22.3 Å². The Balaban J connectivity index is 1.52. The highest BCUT2D eigenvalue weighted by Gasteiger charge is 2.21. The third-order valence-corrected chi connectivity index (χ3v) is 6.03. The summed E-state index contributed by atoms with van der Waals surface area (Å²) in [6.45, 7) is 2.00. The zero-order valence-corrected chi connectivity index (χ0v) is 14.0. The van der Waals surface area contributed by atoms with Crippen molar-refractivity contribution < 1.29 is 8.42 Å². The molecule has 4 rings (SSSR count). The fraction of sp³-hybridized carbons (Fsp3) is 0.294. The Morgan fingerprint density at radius 1 is 1.04 bits per heavy atom. The van der Waals surface area contributed by atoms with Gasteiger partial charge in [-0.05, 0) is 11.6 Å². The third-order valence-electron chi connectivity index (χ3n) is 4.42. The van der Waals surface area contributed by atoms with E-state index in [1.165, 1.54) is 5.56 Å². The van der Waals surface area contributed by atoms with Gasteiger partial charge in [-0.3, -0.25) is 4.90 Å². The quantitative estimate of drug-likeness (QED) is 0.786. The predicted octanol–water partition coefficient (Wildman–Crippen LogP) is 1.86. The molecule has 0 amide bonds. The zero-order chi connectivity index (χ0) is 16.6. The predicted molar refractivity (Wildman–Crippen MR) is 93.3 cm³/mol. The summed E-state index contributed by atoms with van der Waals surface area (Å²) in [6, 6.07) is 10.3. The number of rotatable bonds is 3. The highest BCUT2D eigenvalue weighted by molar-refractivity contribution is 7.91. The zero-order valence-electron chi connectivity index (χ0n) is 13.1. The maximum Gasteiger partial charge on any atom is 0.152 e. The Morgan fingerprint density at radius 2 is 1.79 bits per heavy atom. The fourth-order valence-corrected chi connectivity index (χ4v) is 4.31. The van der Waals surface area contributed by atoms with Crippen LogP contribution >= 0.6 is 0 Å². The molecule has 6 nitrogen and oxygen atoms in total. The van der Waals surface area contributed by atoms with E-state index in [0.717, 1.165) is 28.8 Å². The van der Waals surface area contributed by atoms with Crippen molar-refractivity contribution in [3.05, 3.63) is 48.4 Å². The van der Waals surface area contributed by atoms with Crippen molar-refractivity contribution in [2.45, 2.75) is 6.54 Å². The first-order valence-corrected chi connectivity index (χ1v) is 9.73. The molecule has 0 saturated carbocycles. The lowest BCUT2D eigenvalue weighted by Crippen LogP contribution is -2.39. The third kappa shape index (κ3) is 3.05. The Hall–Kier alpha value is -2.25. The maximum absolute atomic E-state index is 11.5. The lowest BCUT2D eigenvalue weighted by atomic mass is 10.1. The summed E-state index contributed by atoms with van der Waals surface area (Å²) in [5.74, 6) is 0.523. The number of hydrogen-bond acceptors (Lipinski definition) is 5. The minimum Gasteiger partial charge on any atom is -0.346 e. The molecule has 2 aromatic heterocycles. The number of benzene rings is 1. The van der Waals surface area contributed by atoms with Crippen molar-refractivity contribution in [3.8, 4) is 11.3 Å². The lowest BCUT2D eigenvalue weighted by Gasteiger charge is -2.26. The lowest BCUT2D eigenvalue weighted by molar-refractivity contribution is 0.287. The molecule has 0 aliphatic carbocycles. The van der Waals surface area contributed by atoms with Crippen LogP contribution in [0.5, 0.6) is 0 Å². The van der Waals surface area contributed by atoms with E-state index < -0.39 is 9.84 Å². The molecule has 0 unspecified atom stereocenters. The second-order valence-corrected chi connectivity index (χ2v) is 8.39. The van der Waals surface area contributed by atoms with Crippen LogP contribution in [-0.2, 0) is 16.4 Å². The van der Waals surface area contributed by atoms with Crippen molar-refractivity contribution in [1.29, 1.82) is 0 Å². The van der Waals surface area contributed by atoms with E-state index in [-0.39, 0.29) is 11.5 Å². The summed E-state index contributed by atoms with van der Waals surface area (Å²) in [6.07, 6.45) is 3.43. The smallest absolute Gasteiger partial charge is 0.152 e. The van der Waals surface area contributed by atoms with Crippen molar-refractivity contribution in [2.24, 2.45) is 0 Å². The van der Waals surface area contributed by atoms with Crippen molar-refractivity contribution in [3.63, 3.8) is 0 Å². The van der Waals surface area contributed by atoms with Crippen LogP contribution in [0, 0.1) is 0 Å².